The molecule has 0 aromatic carbocycles. The van der Waals surface area contributed by atoms with Crippen LogP contribution in [-0.4, -0.2) is 31.0 Å². The third-order valence-corrected chi connectivity index (χ3v) is 3.58. The zero-order valence-corrected chi connectivity index (χ0v) is 18.2. The van der Waals surface area contributed by atoms with E-state index in [1.54, 1.807) is 0 Å². The lowest BCUT2D eigenvalue weighted by atomic mass is 10.9. The molecular formula is C6H9Br6O3P. The Kier molecular flexibility index (Phi) is 14.4. The van der Waals surface area contributed by atoms with Gasteiger partial charge in [0, 0.05) is 0 Å². The van der Waals surface area contributed by atoms with Crippen molar-refractivity contribution in [2.45, 2.75) is 11.2 Å². The van der Waals surface area contributed by atoms with E-state index >= 15 is 0 Å². The molecule has 0 heterocycles. The number of halogens is 6. The highest BCUT2D eigenvalue weighted by molar-refractivity contribution is 9.25. The molecule has 0 aromatic heterocycles. The van der Waals surface area contributed by atoms with Crippen molar-refractivity contribution >= 4 is 104 Å². The van der Waals surface area contributed by atoms with Gasteiger partial charge in [-0.1, -0.05) is 95.6 Å². The van der Waals surface area contributed by atoms with Gasteiger partial charge in [0.1, 0.15) is 0 Å². The van der Waals surface area contributed by atoms with Crippen LogP contribution in [0.15, 0.2) is 0 Å². The summed E-state index contributed by atoms with van der Waals surface area (Å²) >= 11 is 19.9. The molecule has 16 heavy (non-hydrogen) atoms. The Morgan fingerprint density at radius 2 is 0.875 bits per heavy atom. The fraction of sp³-hybridized carbons (Fsp3) is 1.00. The molecule has 0 spiro atoms. The fourth-order valence-corrected chi connectivity index (χ4v) is 3.52. The van der Waals surface area contributed by atoms with E-state index in [0.717, 1.165) is 0 Å². The molecule has 10 heteroatoms. The lowest BCUT2D eigenvalue weighted by Gasteiger charge is -2.17. The van der Waals surface area contributed by atoms with Gasteiger partial charge in [-0.15, -0.1) is 0 Å². The van der Waals surface area contributed by atoms with Crippen molar-refractivity contribution < 1.29 is 13.6 Å². The fourth-order valence-electron chi connectivity index (χ4n) is 0.463. The van der Waals surface area contributed by atoms with Crippen LogP contribution >= 0.6 is 104 Å². The molecule has 0 N–H and O–H groups in total. The maximum Gasteiger partial charge on any atom is 0.332 e. The highest BCUT2D eigenvalue weighted by Gasteiger charge is 2.17. The molecule has 0 rings (SSSR count). The van der Waals surface area contributed by atoms with Crippen molar-refractivity contribution in [3.05, 3.63) is 0 Å². The van der Waals surface area contributed by atoms with Gasteiger partial charge in [0.05, 0.1) is 31.0 Å². The average Bonchev–Trinajstić information content (AvgIpc) is 2.15. The summed E-state index contributed by atoms with van der Waals surface area (Å²) in [6, 6.07) is 0. The second-order valence-corrected chi connectivity index (χ2v) is 13.8. The molecule has 0 aliphatic carbocycles. The smallest absolute Gasteiger partial charge is 0.310 e. The molecule has 3 nitrogen and oxygen atoms in total. The zero-order valence-electron chi connectivity index (χ0n) is 7.79. The highest BCUT2D eigenvalue weighted by Crippen LogP contribution is 2.42. The summed E-state index contributed by atoms with van der Waals surface area (Å²) in [6.45, 7) is 1.41. The van der Waals surface area contributed by atoms with E-state index in [2.05, 4.69) is 95.6 Å². The van der Waals surface area contributed by atoms with Crippen LogP contribution in [0.25, 0.3) is 0 Å². The van der Waals surface area contributed by atoms with Gasteiger partial charge in [-0.3, -0.25) is 0 Å². The van der Waals surface area contributed by atoms with E-state index in [1.165, 1.54) is 0 Å². The molecule has 0 aliphatic heterocycles. The van der Waals surface area contributed by atoms with E-state index in [-0.39, 0.29) is 11.2 Å². The second kappa shape index (κ2) is 12.0. The van der Waals surface area contributed by atoms with Gasteiger partial charge in [-0.05, 0) is 0 Å². The molecule has 0 aliphatic rings. The van der Waals surface area contributed by atoms with Gasteiger partial charge >= 0.3 is 8.60 Å². The summed E-state index contributed by atoms with van der Waals surface area (Å²) in [6.07, 6.45) is 0. The molecule has 0 aromatic rings. The predicted octanol–water partition coefficient (Wildman–Crippen LogP) is 5.61. The van der Waals surface area contributed by atoms with E-state index in [9.17, 15) is 0 Å². The minimum absolute atomic E-state index is 0.0877. The monoisotopic (exact) mass is 634 g/mol. The molecule has 0 saturated heterocycles. The summed E-state index contributed by atoms with van der Waals surface area (Å²) < 4.78 is 16.6. The van der Waals surface area contributed by atoms with Crippen LogP contribution in [0.2, 0.25) is 0 Å². The predicted molar refractivity (Wildman–Crippen MR) is 89.7 cm³/mol. The molecule has 0 radical (unpaired) electrons. The number of hydrogen-bond donors (Lipinski definition) is 0. The van der Waals surface area contributed by atoms with Crippen molar-refractivity contribution in [1.29, 1.82) is 0 Å². The lowest BCUT2D eigenvalue weighted by molar-refractivity contribution is 0.176. The maximum atomic E-state index is 5.45. The van der Waals surface area contributed by atoms with Crippen LogP contribution in [0.5, 0.6) is 0 Å². The van der Waals surface area contributed by atoms with Crippen molar-refractivity contribution in [3.8, 4) is 0 Å². The SMILES string of the molecule is BrC(Br)COP(OCC(Br)Br)OCC(Br)Br. The van der Waals surface area contributed by atoms with Gasteiger partial charge in [0.15, 0.2) is 0 Å². The Bertz CT molecular complexity index is 144. The number of rotatable bonds is 9. The van der Waals surface area contributed by atoms with Crippen molar-refractivity contribution in [2.75, 3.05) is 19.8 Å². The van der Waals surface area contributed by atoms with Crippen molar-refractivity contribution in [2.24, 2.45) is 0 Å². The Labute approximate surface area is 147 Å². The van der Waals surface area contributed by atoms with Crippen molar-refractivity contribution in [1.82, 2.24) is 0 Å². The number of alkyl halides is 6. The standard InChI is InChI=1S/C6H9Br6O3P/c7-4(8)1-13-16(14-2-5(9)10)15-3-6(11)12/h4-6H,1-3H2. The van der Waals surface area contributed by atoms with Crippen molar-refractivity contribution in [3.63, 3.8) is 0 Å². The van der Waals surface area contributed by atoms with Crippen LogP contribution in [0.3, 0.4) is 0 Å². The lowest BCUT2D eigenvalue weighted by Crippen LogP contribution is -2.07. The Balaban J connectivity index is 3.85. The molecule has 0 bridgehead atoms. The maximum absolute atomic E-state index is 5.45. The molecule has 98 valence electrons. The van der Waals surface area contributed by atoms with Crippen LogP contribution in [0, 0.1) is 0 Å². The third kappa shape index (κ3) is 13.6. The van der Waals surface area contributed by atoms with Crippen LogP contribution in [0.1, 0.15) is 0 Å². The molecule has 0 unspecified atom stereocenters. The first-order valence-electron chi connectivity index (χ1n) is 3.95. The van der Waals surface area contributed by atoms with E-state index in [4.69, 9.17) is 13.6 Å². The van der Waals surface area contributed by atoms with Gasteiger partial charge in [0.25, 0.3) is 0 Å². The van der Waals surface area contributed by atoms with Crippen LogP contribution in [-0.2, 0) is 13.6 Å². The zero-order chi connectivity index (χ0) is 12.6. The van der Waals surface area contributed by atoms with E-state index in [0.29, 0.717) is 19.8 Å². The summed E-state index contributed by atoms with van der Waals surface area (Å²) in [4.78, 5) is 0. The van der Waals surface area contributed by atoms with Gasteiger partial charge in [0.2, 0.25) is 0 Å². The molecular weight excluding hydrogens is 630 g/mol. The Hall–Kier alpha value is 3.19. The van der Waals surface area contributed by atoms with E-state index in [1.807, 2.05) is 0 Å². The number of hydrogen-bond acceptors (Lipinski definition) is 3. The van der Waals surface area contributed by atoms with Gasteiger partial charge in [-0.25, -0.2) is 0 Å². The summed E-state index contributed by atoms with van der Waals surface area (Å²) in [5, 5.41) is 0. The molecule has 0 amide bonds. The molecule has 0 saturated carbocycles. The third-order valence-electron chi connectivity index (χ3n) is 0.918. The second-order valence-electron chi connectivity index (χ2n) is 2.28. The van der Waals surface area contributed by atoms with Gasteiger partial charge in [-0.2, -0.15) is 0 Å². The Morgan fingerprint density at radius 3 is 1.06 bits per heavy atom. The first kappa shape index (κ1) is 19.2. The summed E-state index contributed by atoms with van der Waals surface area (Å²) in [5.74, 6) is 0. The minimum Gasteiger partial charge on any atom is -0.310 e. The Morgan fingerprint density at radius 1 is 0.625 bits per heavy atom. The molecule has 0 atom stereocenters. The quantitative estimate of drug-likeness (QED) is 0.243. The largest absolute Gasteiger partial charge is 0.332 e. The summed E-state index contributed by atoms with van der Waals surface area (Å²) in [7, 11) is -1.34. The first-order valence-corrected chi connectivity index (χ1v) is 10.5. The molecule has 0 fully saturated rings. The minimum atomic E-state index is -1.34. The van der Waals surface area contributed by atoms with Crippen LogP contribution in [0.4, 0.5) is 0 Å². The summed E-state index contributed by atoms with van der Waals surface area (Å²) in [5.41, 5.74) is 0. The van der Waals surface area contributed by atoms with Crippen LogP contribution < -0.4 is 0 Å². The topological polar surface area (TPSA) is 27.7 Å². The average molecular weight is 640 g/mol. The normalized spacial score (nSPS) is 12.4. The van der Waals surface area contributed by atoms with E-state index < -0.39 is 8.60 Å². The first-order chi connectivity index (χ1) is 7.41. The van der Waals surface area contributed by atoms with Gasteiger partial charge < -0.3 is 13.6 Å². The highest BCUT2D eigenvalue weighted by atomic mass is 79.9.